The molecule has 1 atom stereocenters. The first-order valence-corrected chi connectivity index (χ1v) is 9.91. The van der Waals surface area contributed by atoms with E-state index in [0.29, 0.717) is 41.8 Å². The summed E-state index contributed by atoms with van der Waals surface area (Å²) in [7, 11) is 1.39. The van der Waals surface area contributed by atoms with Crippen LogP contribution in [0, 0.1) is 0 Å². The Morgan fingerprint density at radius 1 is 1.17 bits per heavy atom. The molecule has 2 aromatic rings. The third kappa shape index (κ3) is 3.53. The van der Waals surface area contributed by atoms with Gasteiger partial charge in [0.2, 0.25) is 0 Å². The fourth-order valence-corrected chi connectivity index (χ4v) is 4.04. The van der Waals surface area contributed by atoms with Gasteiger partial charge in [-0.15, -0.1) is 0 Å². The molecule has 0 saturated heterocycles. The van der Waals surface area contributed by atoms with E-state index in [1.54, 1.807) is 0 Å². The fraction of sp³-hybridized carbons (Fsp3) is 0.273. The van der Waals surface area contributed by atoms with Crippen LogP contribution in [0.1, 0.15) is 24.9 Å². The maximum atomic E-state index is 12.8. The van der Waals surface area contributed by atoms with Crippen LogP contribution in [0.2, 0.25) is 0 Å². The summed E-state index contributed by atoms with van der Waals surface area (Å²) in [5.41, 5.74) is 3.09. The van der Waals surface area contributed by atoms with Gasteiger partial charge in [0.25, 0.3) is 0 Å². The number of methoxy groups -OCH3 is 1. The van der Waals surface area contributed by atoms with Crippen LogP contribution < -0.4 is 19.7 Å². The molecule has 2 aliphatic rings. The molecule has 4 rings (SSSR count). The molecular weight excluding hydrogens is 388 g/mol. The number of ether oxygens (including phenoxy) is 3. The van der Waals surface area contributed by atoms with Crippen molar-refractivity contribution in [2.24, 2.45) is 0 Å². The van der Waals surface area contributed by atoms with Crippen molar-refractivity contribution in [1.29, 1.82) is 0 Å². The second kappa shape index (κ2) is 8.13. The third-order valence-corrected chi connectivity index (χ3v) is 5.30. The van der Waals surface area contributed by atoms with Gasteiger partial charge in [0.15, 0.2) is 16.6 Å². The van der Waals surface area contributed by atoms with Gasteiger partial charge in [-0.05, 0) is 36.3 Å². The molecule has 6 nitrogen and oxygen atoms in total. The molecule has 7 heteroatoms. The van der Waals surface area contributed by atoms with E-state index in [1.807, 2.05) is 60.4 Å². The molecule has 0 spiro atoms. The summed E-state index contributed by atoms with van der Waals surface area (Å²) in [5.74, 6) is 0.985. The Balaban J connectivity index is 1.84. The molecule has 2 heterocycles. The van der Waals surface area contributed by atoms with Gasteiger partial charge in [-0.2, -0.15) is 0 Å². The van der Waals surface area contributed by atoms with Crippen LogP contribution in [-0.4, -0.2) is 31.4 Å². The number of nitrogens with one attached hydrogen (secondary N) is 1. The highest BCUT2D eigenvalue weighted by atomic mass is 32.1. The minimum Gasteiger partial charge on any atom is -0.486 e. The zero-order valence-electron chi connectivity index (χ0n) is 16.3. The van der Waals surface area contributed by atoms with Gasteiger partial charge in [0, 0.05) is 11.8 Å². The first-order chi connectivity index (χ1) is 14.1. The molecule has 0 saturated carbocycles. The Kier molecular flexibility index (Phi) is 5.40. The molecule has 29 heavy (non-hydrogen) atoms. The summed E-state index contributed by atoms with van der Waals surface area (Å²) >= 11 is 5.72. The molecule has 1 N–H and O–H groups in total. The Bertz CT molecular complexity index is 974. The lowest BCUT2D eigenvalue weighted by molar-refractivity contribution is -0.136. The van der Waals surface area contributed by atoms with Gasteiger partial charge >= 0.3 is 5.97 Å². The highest BCUT2D eigenvalue weighted by molar-refractivity contribution is 7.80. The predicted octanol–water partition coefficient (Wildman–Crippen LogP) is 3.73. The molecule has 150 valence electrons. The number of thiocarbonyl (C=S) groups is 1. The first kappa shape index (κ1) is 19.3. The molecule has 0 aliphatic carbocycles. The summed E-state index contributed by atoms with van der Waals surface area (Å²) in [4.78, 5) is 14.7. The second-order valence-electron chi connectivity index (χ2n) is 6.66. The summed E-state index contributed by atoms with van der Waals surface area (Å²) in [6.07, 6.45) is 0.601. The van der Waals surface area contributed by atoms with E-state index in [-0.39, 0.29) is 12.0 Å². The van der Waals surface area contributed by atoms with Crippen molar-refractivity contribution in [2.75, 3.05) is 25.2 Å². The van der Waals surface area contributed by atoms with Gasteiger partial charge in [0.1, 0.15) is 13.2 Å². The lowest BCUT2D eigenvalue weighted by atomic mass is 9.93. The van der Waals surface area contributed by atoms with Crippen LogP contribution in [0.25, 0.3) is 0 Å². The van der Waals surface area contributed by atoms with E-state index in [4.69, 9.17) is 26.4 Å². The van der Waals surface area contributed by atoms with Crippen LogP contribution in [0.4, 0.5) is 5.69 Å². The van der Waals surface area contributed by atoms with Crippen LogP contribution in [0.5, 0.6) is 11.5 Å². The lowest BCUT2D eigenvalue weighted by Crippen LogP contribution is -2.48. The van der Waals surface area contributed by atoms with E-state index in [0.717, 1.165) is 16.9 Å². The van der Waals surface area contributed by atoms with Crippen molar-refractivity contribution >= 4 is 29.0 Å². The van der Waals surface area contributed by atoms with Crippen LogP contribution in [0.15, 0.2) is 59.8 Å². The second-order valence-corrected chi connectivity index (χ2v) is 7.05. The normalized spacial score (nSPS) is 18.3. The number of hydrogen-bond acceptors (Lipinski definition) is 5. The van der Waals surface area contributed by atoms with E-state index in [2.05, 4.69) is 5.32 Å². The maximum Gasteiger partial charge on any atom is 0.337 e. The van der Waals surface area contributed by atoms with Crippen LogP contribution in [0.3, 0.4) is 0 Å². The Labute approximate surface area is 175 Å². The topological polar surface area (TPSA) is 60.0 Å². The molecule has 1 unspecified atom stereocenters. The Morgan fingerprint density at radius 2 is 1.90 bits per heavy atom. The summed E-state index contributed by atoms with van der Waals surface area (Å²) in [6, 6.07) is 15.0. The molecule has 0 bridgehead atoms. The summed E-state index contributed by atoms with van der Waals surface area (Å²) in [5, 5.41) is 3.83. The largest absolute Gasteiger partial charge is 0.486 e. The molecule has 2 aromatic carbocycles. The minimum absolute atomic E-state index is 0.375. The van der Waals surface area contributed by atoms with Crippen LogP contribution in [-0.2, 0) is 9.53 Å². The fourth-order valence-electron chi connectivity index (χ4n) is 3.70. The SMILES string of the molecule is CCC1=C(C(=O)OC)C(c2ccccc2)NC(=S)N1c1ccc2c(c1)OCCO2. The lowest BCUT2D eigenvalue weighted by Gasteiger charge is -2.38. The van der Waals surface area contributed by atoms with Crippen molar-refractivity contribution in [3.63, 3.8) is 0 Å². The van der Waals surface area contributed by atoms with Gasteiger partial charge in [-0.1, -0.05) is 37.3 Å². The molecule has 0 radical (unpaired) electrons. The van der Waals surface area contributed by atoms with E-state index in [9.17, 15) is 4.79 Å². The van der Waals surface area contributed by atoms with E-state index >= 15 is 0 Å². The number of allylic oxidation sites excluding steroid dienone is 1. The number of nitrogens with zero attached hydrogens (tertiary/aromatic N) is 1. The molecular formula is C22H22N2O4S. The number of anilines is 1. The standard InChI is InChI=1S/C22H22N2O4S/c1-3-16-19(21(25)26-2)20(14-7-5-4-6-8-14)23-22(29)24(16)15-9-10-17-18(13-15)28-12-11-27-17/h4-10,13,20H,3,11-12H2,1-2H3,(H,23,29). The highest BCUT2D eigenvalue weighted by Crippen LogP contribution is 2.39. The summed E-state index contributed by atoms with van der Waals surface area (Å²) < 4.78 is 16.5. The highest BCUT2D eigenvalue weighted by Gasteiger charge is 2.36. The number of fused-ring (bicyclic) bond motifs is 1. The van der Waals surface area contributed by atoms with Crippen molar-refractivity contribution < 1.29 is 19.0 Å². The number of rotatable bonds is 4. The quantitative estimate of drug-likeness (QED) is 0.609. The number of carbonyl (C=O) groups excluding carboxylic acids is 1. The molecule has 0 fully saturated rings. The number of hydrogen-bond donors (Lipinski definition) is 1. The Morgan fingerprint density at radius 3 is 2.59 bits per heavy atom. The van der Waals surface area contributed by atoms with Crippen LogP contribution >= 0.6 is 12.2 Å². The van der Waals surface area contributed by atoms with Crippen molar-refractivity contribution in [3.8, 4) is 11.5 Å². The van der Waals surface area contributed by atoms with Crippen molar-refractivity contribution in [3.05, 3.63) is 65.4 Å². The third-order valence-electron chi connectivity index (χ3n) is 5.00. The summed E-state index contributed by atoms with van der Waals surface area (Å²) in [6.45, 7) is 3.03. The van der Waals surface area contributed by atoms with Gasteiger partial charge < -0.3 is 19.5 Å². The number of esters is 1. The zero-order valence-corrected chi connectivity index (χ0v) is 17.1. The predicted molar refractivity (Wildman–Crippen MR) is 114 cm³/mol. The molecule has 0 aromatic heterocycles. The smallest absolute Gasteiger partial charge is 0.337 e. The van der Waals surface area contributed by atoms with Gasteiger partial charge in [-0.25, -0.2) is 4.79 Å². The minimum atomic E-state index is -0.381. The number of carbonyl (C=O) groups is 1. The maximum absolute atomic E-state index is 12.8. The Hall–Kier alpha value is -3.06. The molecule has 2 aliphatic heterocycles. The van der Waals surface area contributed by atoms with Crippen molar-refractivity contribution in [2.45, 2.75) is 19.4 Å². The van der Waals surface area contributed by atoms with Gasteiger partial charge in [0.05, 0.1) is 24.4 Å². The average molecular weight is 410 g/mol. The first-order valence-electron chi connectivity index (χ1n) is 9.50. The average Bonchev–Trinajstić information content (AvgIpc) is 2.78. The van der Waals surface area contributed by atoms with Gasteiger partial charge in [-0.3, -0.25) is 4.90 Å². The zero-order chi connectivity index (χ0) is 20.4. The molecule has 0 amide bonds. The monoisotopic (exact) mass is 410 g/mol. The number of benzene rings is 2. The van der Waals surface area contributed by atoms with Crippen molar-refractivity contribution in [1.82, 2.24) is 5.32 Å². The van der Waals surface area contributed by atoms with E-state index < -0.39 is 0 Å². The van der Waals surface area contributed by atoms with E-state index in [1.165, 1.54) is 7.11 Å².